The van der Waals surface area contributed by atoms with E-state index in [1.54, 1.807) is 36.4 Å². The Bertz CT molecular complexity index is 757. The molecule has 20 heavy (non-hydrogen) atoms. The van der Waals surface area contributed by atoms with Crippen LogP contribution in [-0.2, 0) is 9.84 Å². The molecule has 6 heteroatoms. The van der Waals surface area contributed by atoms with Crippen LogP contribution in [0, 0.1) is 0 Å². The minimum absolute atomic E-state index is 0.0976. The zero-order valence-electron chi connectivity index (χ0n) is 10.2. The van der Waals surface area contributed by atoms with Crippen LogP contribution in [0.1, 0.15) is 10.4 Å². The fourth-order valence-electron chi connectivity index (χ4n) is 1.71. The Labute approximate surface area is 130 Å². The Morgan fingerprint density at radius 1 is 1.05 bits per heavy atom. The maximum absolute atomic E-state index is 12.3. The normalized spacial score (nSPS) is 11.3. The van der Waals surface area contributed by atoms with Crippen LogP contribution in [-0.4, -0.2) is 20.0 Å². The molecule has 0 heterocycles. The molecule has 3 nitrogen and oxygen atoms in total. The molecule has 0 fully saturated rings. The van der Waals surface area contributed by atoms with Crippen LogP contribution in [0.4, 0.5) is 0 Å². The lowest BCUT2D eigenvalue weighted by Gasteiger charge is -2.07. The van der Waals surface area contributed by atoms with Crippen LogP contribution in [0.25, 0.3) is 0 Å². The summed E-state index contributed by atoms with van der Waals surface area (Å²) in [5.74, 6) is -1.13. The molecule has 0 aliphatic heterocycles. The molecular weight excluding hydrogens is 364 g/mol. The van der Waals surface area contributed by atoms with Crippen LogP contribution < -0.4 is 0 Å². The summed E-state index contributed by atoms with van der Waals surface area (Å²) < 4.78 is 24.9. The first-order valence-corrected chi connectivity index (χ1v) is 8.49. The van der Waals surface area contributed by atoms with E-state index in [4.69, 9.17) is 11.6 Å². The smallest absolute Gasteiger partial charge is 0.186 e. The van der Waals surface area contributed by atoms with E-state index in [1.807, 2.05) is 0 Å². The first-order chi connectivity index (χ1) is 9.42. The van der Waals surface area contributed by atoms with Gasteiger partial charge in [0.25, 0.3) is 0 Å². The molecule has 0 unspecified atom stereocenters. The lowest BCUT2D eigenvalue weighted by molar-refractivity contribution is 0.102. The maximum atomic E-state index is 12.3. The van der Waals surface area contributed by atoms with Crippen molar-refractivity contribution in [3.05, 3.63) is 63.6 Å². The van der Waals surface area contributed by atoms with Crippen molar-refractivity contribution < 1.29 is 13.2 Å². The third kappa shape index (κ3) is 3.29. The molecule has 0 amide bonds. The van der Waals surface area contributed by atoms with Crippen molar-refractivity contribution in [2.45, 2.75) is 4.90 Å². The second-order valence-corrected chi connectivity index (χ2v) is 7.31. The van der Waals surface area contributed by atoms with Gasteiger partial charge in [-0.05, 0) is 40.2 Å². The van der Waals surface area contributed by atoms with Gasteiger partial charge in [0.15, 0.2) is 15.6 Å². The standard InChI is InChI=1S/C14H10BrClO3S/c15-11-6-2-4-8-14(11)20(18,19)9-13(17)10-5-1-3-7-12(10)16/h1-8H,9H2. The molecule has 0 aliphatic carbocycles. The van der Waals surface area contributed by atoms with Crippen LogP contribution in [0.5, 0.6) is 0 Å². The summed E-state index contributed by atoms with van der Waals surface area (Å²) in [6.07, 6.45) is 0. The zero-order chi connectivity index (χ0) is 14.8. The van der Waals surface area contributed by atoms with E-state index < -0.39 is 21.4 Å². The topological polar surface area (TPSA) is 51.2 Å². The van der Waals surface area contributed by atoms with Crippen molar-refractivity contribution in [2.75, 3.05) is 5.75 Å². The molecule has 0 aromatic heterocycles. The summed E-state index contributed by atoms with van der Waals surface area (Å²) in [4.78, 5) is 12.2. The first kappa shape index (κ1) is 15.2. The van der Waals surface area contributed by atoms with Gasteiger partial charge in [0, 0.05) is 10.0 Å². The van der Waals surface area contributed by atoms with E-state index in [0.29, 0.717) is 4.47 Å². The van der Waals surface area contributed by atoms with Crippen LogP contribution in [0.3, 0.4) is 0 Å². The maximum Gasteiger partial charge on any atom is 0.186 e. The van der Waals surface area contributed by atoms with Crippen molar-refractivity contribution in [1.82, 2.24) is 0 Å². The Balaban J connectivity index is 2.33. The summed E-state index contributed by atoms with van der Waals surface area (Å²) in [7, 11) is -3.71. The number of benzene rings is 2. The van der Waals surface area contributed by atoms with Gasteiger partial charge in [-0.25, -0.2) is 8.42 Å². The van der Waals surface area contributed by atoms with E-state index in [2.05, 4.69) is 15.9 Å². The van der Waals surface area contributed by atoms with Crippen LogP contribution in [0.2, 0.25) is 5.02 Å². The largest absolute Gasteiger partial charge is 0.293 e. The molecule has 0 spiro atoms. The molecule has 104 valence electrons. The van der Waals surface area contributed by atoms with Gasteiger partial charge in [-0.15, -0.1) is 0 Å². The molecular formula is C14H10BrClO3S. The SMILES string of the molecule is O=C(CS(=O)(=O)c1ccccc1Br)c1ccccc1Cl. The fourth-order valence-corrected chi connectivity index (χ4v) is 4.29. The van der Waals surface area contributed by atoms with Gasteiger partial charge in [-0.3, -0.25) is 4.79 Å². The van der Waals surface area contributed by atoms with Crippen LogP contribution >= 0.6 is 27.5 Å². The summed E-state index contributed by atoms with van der Waals surface area (Å²) in [5.41, 5.74) is 0.213. The van der Waals surface area contributed by atoms with Gasteiger partial charge in [0.05, 0.1) is 9.92 Å². The fraction of sp³-hybridized carbons (Fsp3) is 0.0714. The number of carbonyl (C=O) groups is 1. The number of sulfone groups is 1. The quantitative estimate of drug-likeness (QED) is 0.767. The second kappa shape index (κ2) is 6.08. The summed E-state index contributed by atoms with van der Waals surface area (Å²) >= 11 is 9.08. The Morgan fingerprint density at radius 2 is 1.65 bits per heavy atom. The number of hydrogen-bond donors (Lipinski definition) is 0. The predicted octanol–water partition coefficient (Wildman–Crippen LogP) is 3.76. The Hall–Kier alpha value is -1.17. The number of halogens is 2. The highest BCUT2D eigenvalue weighted by Gasteiger charge is 2.23. The molecule has 0 bridgehead atoms. The molecule has 0 saturated heterocycles. The minimum Gasteiger partial charge on any atom is -0.293 e. The van der Waals surface area contributed by atoms with Gasteiger partial charge in [-0.2, -0.15) is 0 Å². The number of ketones is 1. The average Bonchev–Trinajstić information content (AvgIpc) is 2.38. The van der Waals surface area contributed by atoms with E-state index in [9.17, 15) is 13.2 Å². The van der Waals surface area contributed by atoms with Gasteiger partial charge < -0.3 is 0 Å². The zero-order valence-corrected chi connectivity index (χ0v) is 13.4. The second-order valence-electron chi connectivity index (χ2n) is 4.09. The lowest BCUT2D eigenvalue weighted by atomic mass is 10.1. The molecule has 0 radical (unpaired) electrons. The van der Waals surface area contributed by atoms with Gasteiger partial charge >= 0.3 is 0 Å². The molecule has 0 atom stereocenters. The highest BCUT2D eigenvalue weighted by Crippen LogP contribution is 2.24. The Morgan fingerprint density at radius 3 is 2.30 bits per heavy atom. The van der Waals surface area contributed by atoms with Gasteiger partial charge in [-0.1, -0.05) is 35.9 Å². The van der Waals surface area contributed by atoms with Crippen molar-refractivity contribution in [3.8, 4) is 0 Å². The number of rotatable bonds is 4. The number of carbonyl (C=O) groups excluding carboxylic acids is 1. The van der Waals surface area contributed by atoms with Crippen molar-refractivity contribution >= 4 is 43.2 Å². The Kier molecular flexibility index (Phi) is 4.62. The third-order valence-electron chi connectivity index (χ3n) is 2.67. The molecule has 2 rings (SSSR count). The van der Waals surface area contributed by atoms with Crippen molar-refractivity contribution in [3.63, 3.8) is 0 Å². The molecule has 0 N–H and O–H groups in total. The van der Waals surface area contributed by atoms with Crippen molar-refractivity contribution in [1.29, 1.82) is 0 Å². The van der Waals surface area contributed by atoms with Gasteiger partial charge in [0.1, 0.15) is 5.75 Å². The number of Topliss-reactive ketones (excluding diaryl/α,β-unsaturated/α-hetero) is 1. The van der Waals surface area contributed by atoms with Gasteiger partial charge in [0.2, 0.25) is 0 Å². The van der Waals surface area contributed by atoms with E-state index >= 15 is 0 Å². The third-order valence-corrected chi connectivity index (χ3v) is 5.62. The highest BCUT2D eigenvalue weighted by molar-refractivity contribution is 9.10. The number of hydrogen-bond acceptors (Lipinski definition) is 3. The molecule has 2 aromatic rings. The molecule has 0 aliphatic rings. The first-order valence-electron chi connectivity index (χ1n) is 5.67. The average molecular weight is 374 g/mol. The summed E-state index contributed by atoms with van der Waals surface area (Å²) in [5, 5.41) is 0.250. The monoisotopic (exact) mass is 372 g/mol. The summed E-state index contributed by atoms with van der Waals surface area (Å²) in [6.45, 7) is 0. The lowest BCUT2D eigenvalue weighted by Crippen LogP contribution is -2.17. The minimum atomic E-state index is -3.71. The summed E-state index contributed by atoms with van der Waals surface area (Å²) in [6, 6.07) is 12.8. The molecule has 0 saturated carbocycles. The molecule has 2 aromatic carbocycles. The highest BCUT2D eigenvalue weighted by atomic mass is 79.9. The van der Waals surface area contributed by atoms with Crippen molar-refractivity contribution in [2.24, 2.45) is 0 Å². The predicted molar refractivity (Wildman–Crippen MR) is 82.0 cm³/mol. The van der Waals surface area contributed by atoms with Crippen LogP contribution in [0.15, 0.2) is 57.9 Å². The van der Waals surface area contributed by atoms with E-state index in [0.717, 1.165) is 0 Å². The van der Waals surface area contributed by atoms with E-state index in [1.165, 1.54) is 12.1 Å². The van der Waals surface area contributed by atoms with E-state index in [-0.39, 0.29) is 15.5 Å².